The summed E-state index contributed by atoms with van der Waals surface area (Å²) in [6, 6.07) is 11.9. The molecule has 132 valence electrons. The minimum Gasteiger partial charge on any atom is -0.494 e. The van der Waals surface area contributed by atoms with Crippen molar-refractivity contribution in [3.63, 3.8) is 0 Å². The van der Waals surface area contributed by atoms with E-state index in [1.807, 2.05) is 43.1 Å². The number of non-ortho nitro benzene ring substituents is 1. The van der Waals surface area contributed by atoms with Gasteiger partial charge in [-0.15, -0.1) is 0 Å². The van der Waals surface area contributed by atoms with Crippen LogP contribution >= 0.6 is 23.8 Å². The molecule has 2 aromatic carbocycles. The van der Waals surface area contributed by atoms with Gasteiger partial charge in [0.1, 0.15) is 5.75 Å². The SMILES string of the molecule is CCOc1ccc(CN(C)C(=S)Nc2cc([N+](=O)[O-])ccc2Cl)cc1. The molecule has 0 aliphatic heterocycles. The molecule has 0 aromatic heterocycles. The van der Waals surface area contributed by atoms with Gasteiger partial charge in [-0.3, -0.25) is 10.1 Å². The Morgan fingerprint density at radius 1 is 1.32 bits per heavy atom. The van der Waals surface area contributed by atoms with Crippen LogP contribution in [0.2, 0.25) is 5.02 Å². The molecule has 2 aromatic rings. The number of anilines is 1. The molecule has 1 N–H and O–H groups in total. The third kappa shape index (κ3) is 5.30. The van der Waals surface area contributed by atoms with Crippen LogP contribution in [0.3, 0.4) is 0 Å². The number of halogens is 1. The summed E-state index contributed by atoms with van der Waals surface area (Å²) in [4.78, 5) is 12.2. The molecule has 0 amide bonds. The number of thiocarbonyl (C=S) groups is 1. The summed E-state index contributed by atoms with van der Waals surface area (Å²) in [6.45, 7) is 3.13. The summed E-state index contributed by atoms with van der Waals surface area (Å²) < 4.78 is 5.41. The maximum atomic E-state index is 10.9. The molecule has 6 nitrogen and oxygen atoms in total. The standard InChI is InChI=1S/C17H18ClN3O3S/c1-3-24-14-7-4-12(5-8-14)11-20(2)17(25)19-16-10-13(21(22)23)6-9-15(16)18/h4-10H,3,11H2,1-2H3,(H,19,25). The Kier molecular flexibility index (Phi) is 6.55. The maximum absolute atomic E-state index is 10.9. The van der Waals surface area contributed by atoms with E-state index in [-0.39, 0.29) is 5.69 Å². The van der Waals surface area contributed by atoms with Gasteiger partial charge in [0.15, 0.2) is 5.11 Å². The van der Waals surface area contributed by atoms with Gasteiger partial charge in [0.05, 0.1) is 22.2 Å². The Labute approximate surface area is 156 Å². The molecular formula is C17H18ClN3O3S. The molecule has 0 saturated carbocycles. The lowest BCUT2D eigenvalue weighted by Crippen LogP contribution is -2.30. The third-order valence-electron chi connectivity index (χ3n) is 3.40. The van der Waals surface area contributed by atoms with Gasteiger partial charge in [-0.05, 0) is 42.9 Å². The van der Waals surface area contributed by atoms with Crippen LogP contribution in [0, 0.1) is 10.1 Å². The highest BCUT2D eigenvalue weighted by atomic mass is 35.5. The number of ether oxygens (including phenoxy) is 1. The summed E-state index contributed by atoms with van der Waals surface area (Å²) in [5, 5.41) is 14.6. The quantitative estimate of drug-likeness (QED) is 0.453. The first-order chi connectivity index (χ1) is 11.9. The Hall–Kier alpha value is -2.38. The van der Waals surface area contributed by atoms with E-state index in [0.717, 1.165) is 11.3 Å². The van der Waals surface area contributed by atoms with Crippen LogP contribution in [0.15, 0.2) is 42.5 Å². The predicted octanol–water partition coefficient (Wildman–Crippen LogP) is 4.48. The molecule has 25 heavy (non-hydrogen) atoms. The minimum atomic E-state index is -0.478. The number of nitrogens with one attached hydrogen (secondary N) is 1. The van der Waals surface area contributed by atoms with E-state index < -0.39 is 4.92 Å². The Morgan fingerprint density at radius 2 is 2.00 bits per heavy atom. The highest BCUT2D eigenvalue weighted by Gasteiger charge is 2.12. The van der Waals surface area contributed by atoms with E-state index in [0.29, 0.717) is 29.0 Å². The first kappa shape index (κ1) is 19.0. The first-order valence-electron chi connectivity index (χ1n) is 7.58. The Morgan fingerprint density at radius 3 is 2.60 bits per heavy atom. The molecule has 0 radical (unpaired) electrons. The van der Waals surface area contributed by atoms with Crippen molar-refractivity contribution < 1.29 is 9.66 Å². The molecule has 0 spiro atoms. The van der Waals surface area contributed by atoms with Crippen LogP contribution in [0.5, 0.6) is 5.75 Å². The lowest BCUT2D eigenvalue weighted by Gasteiger charge is -2.21. The van der Waals surface area contributed by atoms with E-state index in [1.165, 1.54) is 18.2 Å². The highest BCUT2D eigenvalue weighted by Crippen LogP contribution is 2.27. The summed E-state index contributed by atoms with van der Waals surface area (Å²) in [6.07, 6.45) is 0. The van der Waals surface area contributed by atoms with Gasteiger partial charge in [0.25, 0.3) is 5.69 Å². The topological polar surface area (TPSA) is 67.6 Å². The van der Waals surface area contributed by atoms with Crippen molar-refractivity contribution in [2.24, 2.45) is 0 Å². The minimum absolute atomic E-state index is 0.0520. The van der Waals surface area contributed by atoms with Gasteiger partial charge in [-0.1, -0.05) is 23.7 Å². The molecule has 8 heteroatoms. The van der Waals surface area contributed by atoms with Crippen molar-refractivity contribution in [1.29, 1.82) is 0 Å². The molecule has 0 unspecified atom stereocenters. The van der Waals surface area contributed by atoms with Crippen LogP contribution in [0.25, 0.3) is 0 Å². The number of nitro benzene ring substituents is 1. The maximum Gasteiger partial charge on any atom is 0.271 e. The molecule has 2 rings (SSSR count). The fourth-order valence-corrected chi connectivity index (χ4v) is 2.48. The van der Waals surface area contributed by atoms with E-state index >= 15 is 0 Å². The summed E-state index contributed by atoms with van der Waals surface area (Å²) in [7, 11) is 1.83. The molecule has 0 saturated heterocycles. The monoisotopic (exact) mass is 379 g/mol. The zero-order chi connectivity index (χ0) is 18.4. The second-order valence-electron chi connectivity index (χ2n) is 5.28. The summed E-state index contributed by atoms with van der Waals surface area (Å²) in [5.74, 6) is 0.818. The molecule has 0 aliphatic rings. The van der Waals surface area contributed by atoms with Crippen LogP contribution in [0.4, 0.5) is 11.4 Å². The average molecular weight is 380 g/mol. The molecule has 0 atom stereocenters. The van der Waals surface area contributed by atoms with E-state index in [9.17, 15) is 10.1 Å². The zero-order valence-corrected chi connectivity index (χ0v) is 15.4. The lowest BCUT2D eigenvalue weighted by atomic mass is 10.2. The van der Waals surface area contributed by atoms with Gasteiger partial charge < -0.3 is 15.0 Å². The van der Waals surface area contributed by atoms with Crippen molar-refractivity contribution in [1.82, 2.24) is 4.90 Å². The van der Waals surface area contributed by atoms with Crippen LogP contribution < -0.4 is 10.1 Å². The first-order valence-corrected chi connectivity index (χ1v) is 8.37. The second kappa shape index (κ2) is 8.64. The fraction of sp³-hybridized carbons (Fsp3) is 0.235. The van der Waals surface area contributed by atoms with Crippen molar-refractivity contribution in [3.8, 4) is 5.75 Å². The van der Waals surface area contributed by atoms with Gasteiger partial charge in [0.2, 0.25) is 0 Å². The molecular weight excluding hydrogens is 362 g/mol. The van der Waals surface area contributed by atoms with Gasteiger partial charge >= 0.3 is 0 Å². The molecule has 0 aliphatic carbocycles. The van der Waals surface area contributed by atoms with Gasteiger partial charge in [-0.2, -0.15) is 0 Å². The van der Waals surface area contributed by atoms with E-state index in [1.54, 1.807) is 0 Å². The second-order valence-corrected chi connectivity index (χ2v) is 6.08. The average Bonchev–Trinajstić information content (AvgIpc) is 2.58. The van der Waals surface area contributed by atoms with Crippen LogP contribution in [-0.2, 0) is 6.54 Å². The summed E-state index contributed by atoms with van der Waals surface area (Å²) >= 11 is 11.4. The largest absolute Gasteiger partial charge is 0.494 e. The Bertz CT molecular complexity index is 768. The smallest absolute Gasteiger partial charge is 0.271 e. The van der Waals surface area contributed by atoms with Crippen molar-refractivity contribution in [3.05, 3.63) is 63.2 Å². The highest BCUT2D eigenvalue weighted by molar-refractivity contribution is 7.80. The number of hydrogen-bond acceptors (Lipinski definition) is 4. The van der Waals surface area contributed by atoms with Crippen molar-refractivity contribution in [2.45, 2.75) is 13.5 Å². The predicted molar refractivity (Wildman–Crippen MR) is 103 cm³/mol. The molecule has 0 bridgehead atoms. The Balaban J connectivity index is 2.02. The molecule has 0 fully saturated rings. The number of benzene rings is 2. The van der Waals surface area contributed by atoms with Crippen LogP contribution in [-0.4, -0.2) is 28.6 Å². The molecule has 0 heterocycles. The number of hydrogen-bond donors (Lipinski definition) is 1. The number of nitro groups is 1. The van der Waals surface area contributed by atoms with Crippen molar-refractivity contribution >= 4 is 40.3 Å². The van der Waals surface area contributed by atoms with Crippen LogP contribution in [0.1, 0.15) is 12.5 Å². The lowest BCUT2D eigenvalue weighted by molar-refractivity contribution is -0.384. The van der Waals surface area contributed by atoms with Gasteiger partial charge in [0, 0.05) is 25.7 Å². The summed E-state index contributed by atoms with van der Waals surface area (Å²) in [5.41, 5.74) is 1.41. The fourth-order valence-electron chi connectivity index (χ4n) is 2.14. The zero-order valence-electron chi connectivity index (χ0n) is 13.9. The normalized spacial score (nSPS) is 10.2. The number of nitrogens with zero attached hydrogens (tertiary/aromatic N) is 2. The third-order valence-corrected chi connectivity index (χ3v) is 4.15. The van der Waals surface area contributed by atoms with Crippen molar-refractivity contribution in [2.75, 3.05) is 19.0 Å². The van der Waals surface area contributed by atoms with Gasteiger partial charge in [-0.25, -0.2) is 0 Å². The number of rotatable bonds is 6. The van der Waals surface area contributed by atoms with E-state index in [4.69, 9.17) is 28.6 Å². The van der Waals surface area contributed by atoms with E-state index in [2.05, 4.69) is 5.32 Å².